The zero-order valence-electron chi connectivity index (χ0n) is 7.34. The fourth-order valence-corrected chi connectivity index (χ4v) is 1.95. The second kappa shape index (κ2) is 3.54. The molecule has 0 saturated heterocycles. The molecule has 2 rings (SSSR count). The minimum atomic E-state index is 1.19. The molecule has 0 aliphatic rings. The molecular weight excluding hydrogens is 273 g/mol. The number of anilines is 1. The van der Waals surface area contributed by atoms with Gasteiger partial charge < -0.3 is 5.32 Å². The maximum Gasteiger partial charge on any atom is 0.0417 e. The zero-order chi connectivity index (χ0) is 9.26. The highest BCUT2D eigenvalue weighted by molar-refractivity contribution is 14.1. The number of benzene rings is 2. The molecule has 66 valence electrons. The Morgan fingerprint density at radius 1 is 1.15 bits per heavy atom. The summed E-state index contributed by atoms with van der Waals surface area (Å²) in [6.45, 7) is 0. The normalized spacial score (nSPS) is 10.3. The van der Waals surface area contributed by atoms with E-state index in [-0.39, 0.29) is 0 Å². The average Bonchev–Trinajstić information content (AvgIpc) is 2.17. The summed E-state index contributed by atoms with van der Waals surface area (Å²) in [6.07, 6.45) is 0. The van der Waals surface area contributed by atoms with Gasteiger partial charge in [-0.1, -0.05) is 18.2 Å². The summed E-state index contributed by atoms with van der Waals surface area (Å²) < 4.78 is 1.27. The van der Waals surface area contributed by atoms with Crippen molar-refractivity contribution in [3.63, 3.8) is 0 Å². The molecule has 0 aliphatic heterocycles. The lowest BCUT2D eigenvalue weighted by atomic mass is 10.1. The van der Waals surface area contributed by atoms with Gasteiger partial charge >= 0.3 is 0 Å². The molecule has 0 unspecified atom stereocenters. The van der Waals surface area contributed by atoms with Crippen molar-refractivity contribution in [2.24, 2.45) is 0 Å². The summed E-state index contributed by atoms with van der Waals surface area (Å²) in [6, 6.07) is 12.8. The van der Waals surface area contributed by atoms with Crippen molar-refractivity contribution in [3.8, 4) is 0 Å². The lowest BCUT2D eigenvalue weighted by Gasteiger charge is -2.05. The van der Waals surface area contributed by atoms with Crippen molar-refractivity contribution < 1.29 is 0 Å². The highest BCUT2D eigenvalue weighted by Crippen LogP contribution is 2.24. The van der Waals surface area contributed by atoms with E-state index in [0.717, 1.165) is 0 Å². The summed E-state index contributed by atoms with van der Waals surface area (Å²) in [4.78, 5) is 0. The first-order chi connectivity index (χ1) is 6.31. The van der Waals surface area contributed by atoms with Gasteiger partial charge in [-0.2, -0.15) is 0 Å². The summed E-state index contributed by atoms with van der Waals surface area (Å²) in [5.41, 5.74) is 1.19. The fraction of sp³-hybridized carbons (Fsp3) is 0.0909. The van der Waals surface area contributed by atoms with Crippen LogP contribution in [0.25, 0.3) is 10.8 Å². The summed E-state index contributed by atoms with van der Waals surface area (Å²) in [5.74, 6) is 0. The van der Waals surface area contributed by atoms with E-state index >= 15 is 0 Å². The van der Waals surface area contributed by atoms with Gasteiger partial charge in [0.05, 0.1) is 0 Å². The fourth-order valence-electron chi connectivity index (χ4n) is 1.46. The van der Waals surface area contributed by atoms with Crippen LogP contribution in [-0.4, -0.2) is 7.05 Å². The molecule has 1 N–H and O–H groups in total. The smallest absolute Gasteiger partial charge is 0.0417 e. The number of hydrogen-bond acceptors (Lipinski definition) is 1. The molecule has 0 amide bonds. The maximum atomic E-state index is 3.19. The molecule has 0 radical (unpaired) electrons. The van der Waals surface area contributed by atoms with Crippen molar-refractivity contribution in [2.75, 3.05) is 12.4 Å². The number of rotatable bonds is 1. The van der Waals surface area contributed by atoms with E-state index in [4.69, 9.17) is 0 Å². The van der Waals surface area contributed by atoms with Crippen LogP contribution in [0, 0.1) is 3.57 Å². The standard InChI is InChI=1S/C11H10IN/c1-13-11-4-2-3-8-5-6-9(12)7-10(8)11/h2-7,13H,1H3. The van der Waals surface area contributed by atoms with Gasteiger partial charge in [0, 0.05) is 21.7 Å². The summed E-state index contributed by atoms with van der Waals surface area (Å²) in [7, 11) is 1.95. The van der Waals surface area contributed by atoms with Crippen LogP contribution in [0.4, 0.5) is 5.69 Å². The van der Waals surface area contributed by atoms with E-state index in [1.807, 2.05) is 7.05 Å². The van der Waals surface area contributed by atoms with Crippen LogP contribution >= 0.6 is 22.6 Å². The Balaban J connectivity index is 2.79. The summed E-state index contributed by atoms with van der Waals surface area (Å²) >= 11 is 2.33. The van der Waals surface area contributed by atoms with Crippen molar-refractivity contribution in [3.05, 3.63) is 40.0 Å². The molecule has 0 bridgehead atoms. The third-order valence-electron chi connectivity index (χ3n) is 2.11. The second-order valence-electron chi connectivity index (χ2n) is 2.92. The van der Waals surface area contributed by atoms with Gasteiger partial charge in [-0.3, -0.25) is 0 Å². The van der Waals surface area contributed by atoms with Crippen LogP contribution < -0.4 is 5.32 Å². The zero-order valence-corrected chi connectivity index (χ0v) is 9.50. The quantitative estimate of drug-likeness (QED) is 0.790. The minimum absolute atomic E-state index is 1.19. The third kappa shape index (κ3) is 1.63. The Morgan fingerprint density at radius 2 is 2.00 bits per heavy atom. The first kappa shape index (κ1) is 8.81. The molecule has 13 heavy (non-hydrogen) atoms. The maximum absolute atomic E-state index is 3.19. The molecule has 0 spiro atoms. The van der Waals surface area contributed by atoms with E-state index in [1.54, 1.807) is 0 Å². The molecule has 0 atom stereocenters. The van der Waals surface area contributed by atoms with Crippen LogP contribution in [0.1, 0.15) is 0 Å². The number of nitrogens with one attached hydrogen (secondary N) is 1. The lowest BCUT2D eigenvalue weighted by molar-refractivity contribution is 1.54. The average molecular weight is 283 g/mol. The Hall–Kier alpha value is -0.770. The second-order valence-corrected chi connectivity index (χ2v) is 4.17. The Morgan fingerprint density at radius 3 is 2.77 bits per heavy atom. The summed E-state index contributed by atoms with van der Waals surface area (Å²) in [5, 5.41) is 5.77. The predicted molar refractivity (Wildman–Crippen MR) is 66.2 cm³/mol. The van der Waals surface area contributed by atoms with Crippen molar-refractivity contribution in [1.82, 2.24) is 0 Å². The van der Waals surface area contributed by atoms with Crippen LogP contribution in [-0.2, 0) is 0 Å². The van der Waals surface area contributed by atoms with Crippen LogP contribution in [0.5, 0.6) is 0 Å². The highest BCUT2D eigenvalue weighted by atomic mass is 127. The van der Waals surface area contributed by atoms with Crippen LogP contribution in [0.15, 0.2) is 36.4 Å². The molecule has 1 nitrogen and oxygen atoms in total. The van der Waals surface area contributed by atoms with Gasteiger partial charge in [0.2, 0.25) is 0 Å². The number of hydrogen-bond donors (Lipinski definition) is 1. The van der Waals surface area contributed by atoms with E-state index < -0.39 is 0 Å². The number of halogens is 1. The van der Waals surface area contributed by atoms with E-state index in [2.05, 4.69) is 64.3 Å². The van der Waals surface area contributed by atoms with Crippen molar-refractivity contribution >= 4 is 39.1 Å². The van der Waals surface area contributed by atoms with Crippen LogP contribution in [0.3, 0.4) is 0 Å². The first-order valence-electron chi connectivity index (χ1n) is 4.17. The van der Waals surface area contributed by atoms with Gasteiger partial charge in [-0.05, 0) is 46.2 Å². The van der Waals surface area contributed by atoms with Crippen LogP contribution in [0.2, 0.25) is 0 Å². The monoisotopic (exact) mass is 283 g/mol. The molecule has 0 fully saturated rings. The molecular formula is C11H10IN. The van der Waals surface area contributed by atoms with Gasteiger partial charge in [0.1, 0.15) is 0 Å². The Labute approximate surface area is 91.3 Å². The van der Waals surface area contributed by atoms with Gasteiger partial charge in [-0.15, -0.1) is 0 Å². The van der Waals surface area contributed by atoms with Gasteiger partial charge in [-0.25, -0.2) is 0 Å². The molecule has 2 aromatic rings. The number of fused-ring (bicyclic) bond motifs is 1. The third-order valence-corrected chi connectivity index (χ3v) is 2.78. The molecule has 0 aromatic heterocycles. The SMILES string of the molecule is CNc1cccc2ccc(I)cc12. The topological polar surface area (TPSA) is 12.0 Å². The minimum Gasteiger partial charge on any atom is -0.388 e. The molecule has 0 saturated carbocycles. The van der Waals surface area contributed by atoms with Gasteiger partial charge in [0.15, 0.2) is 0 Å². The van der Waals surface area contributed by atoms with Gasteiger partial charge in [0.25, 0.3) is 0 Å². The predicted octanol–water partition coefficient (Wildman–Crippen LogP) is 3.49. The molecule has 0 heterocycles. The van der Waals surface area contributed by atoms with E-state index in [9.17, 15) is 0 Å². The molecule has 2 aromatic carbocycles. The van der Waals surface area contributed by atoms with Crippen molar-refractivity contribution in [1.29, 1.82) is 0 Å². The molecule has 2 heteroatoms. The lowest BCUT2D eigenvalue weighted by Crippen LogP contribution is -1.89. The molecule has 0 aliphatic carbocycles. The van der Waals surface area contributed by atoms with E-state index in [0.29, 0.717) is 0 Å². The highest BCUT2D eigenvalue weighted by Gasteiger charge is 1.98. The van der Waals surface area contributed by atoms with Crippen molar-refractivity contribution in [2.45, 2.75) is 0 Å². The largest absolute Gasteiger partial charge is 0.388 e. The van der Waals surface area contributed by atoms with E-state index in [1.165, 1.54) is 20.0 Å². The Kier molecular flexibility index (Phi) is 2.40. The Bertz CT molecular complexity index is 437. The first-order valence-corrected chi connectivity index (χ1v) is 5.25.